The molecule has 190 valence electrons. The van der Waals surface area contributed by atoms with Crippen LogP contribution in [0.4, 0.5) is 4.39 Å². The summed E-state index contributed by atoms with van der Waals surface area (Å²) in [5, 5.41) is 0. The minimum atomic E-state index is -0.428. The van der Waals surface area contributed by atoms with E-state index in [1.165, 1.54) is 36.0 Å². The van der Waals surface area contributed by atoms with E-state index >= 15 is 0 Å². The van der Waals surface area contributed by atoms with Crippen molar-refractivity contribution in [1.29, 1.82) is 0 Å². The summed E-state index contributed by atoms with van der Waals surface area (Å²) in [5.41, 5.74) is 5.54. The standard InChI is InChI=1S/C29H19FI2N2O3S/c1-15(35)37-27-18(12-20(31)14-23(27)32)13-24-28(36)34-26(17-6-9-19(30)10-7-17)22-11-8-16-4-2-3-5-21(16)25(22)33-29(34)38-24/h2-7,9-10,12-14,26H,8,11H2,1H3/b24-13+/t26-/m0/s1. The minimum absolute atomic E-state index is 0.184. The highest BCUT2D eigenvalue weighted by Crippen LogP contribution is 2.41. The van der Waals surface area contributed by atoms with E-state index in [-0.39, 0.29) is 17.4 Å². The van der Waals surface area contributed by atoms with E-state index in [4.69, 9.17) is 9.73 Å². The first-order valence-corrected chi connectivity index (χ1v) is 14.8. The summed E-state index contributed by atoms with van der Waals surface area (Å²) < 4.78 is 23.3. The van der Waals surface area contributed by atoms with Crippen molar-refractivity contribution in [2.45, 2.75) is 25.8 Å². The zero-order chi connectivity index (χ0) is 26.6. The predicted octanol–water partition coefficient (Wildman–Crippen LogP) is 5.59. The molecule has 2 heterocycles. The number of aryl methyl sites for hydroxylation is 1. The van der Waals surface area contributed by atoms with Crippen LogP contribution in [0.5, 0.6) is 5.75 Å². The number of allylic oxidation sites excluding steroid dienone is 1. The molecule has 0 saturated carbocycles. The van der Waals surface area contributed by atoms with Crippen molar-refractivity contribution in [3.8, 4) is 5.75 Å². The Morgan fingerprint density at radius 3 is 2.66 bits per heavy atom. The maximum atomic E-state index is 14.0. The van der Waals surface area contributed by atoms with Gasteiger partial charge in [-0.1, -0.05) is 47.7 Å². The second kappa shape index (κ2) is 10.2. The van der Waals surface area contributed by atoms with Crippen molar-refractivity contribution in [3.63, 3.8) is 0 Å². The molecule has 6 rings (SSSR count). The van der Waals surface area contributed by atoms with Gasteiger partial charge in [0.2, 0.25) is 0 Å². The highest BCUT2D eigenvalue weighted by Gasteiger charge is 2.32. The van der Waals surface area contributed by atoms with E-state index < -0.39 is 5.97 Å². The molecule has 1 atom stereocenters. The highest BCUT2D eigenvalue weighted by atomic mass is 127. The van der Waals surface area contributed by atoms with Gasteiger partial charge in [-0.25, -0.2) is 9.38 Å². The van der Waals surface area contributed by atoms with Crippen molar-refractivity contribution in [2.24, 2.45) is 4.99 Å². The molecule has 1 aliphatic carbocycles. The van der Waals surface area contributed by atoms with Gasteiger partial charge in [-0.15, -0.1) is 0 Å². The fourth-order valence-electron chi connectivity index (χ4n) is 5.05. The van der Waals surface area contributed by atoms with Crippen LogP contribution in [-0.4, -0.2) is 10.5 Å². The van der Waals surface area contributed by atoms with Crippen molar-refractivity contribution < 1.29 is 13.9 Å². The lowest BCUT2D eigenvalue weighted by Crippen LogP contribution is -2.38. The first-order chi connectivity index (χ1) is 18.3. The number of carbonyl (C=O) groups is 1. The molecule has 0 amide bonds. The molecule has 0 unspecified atom stereocenters. The van der Waals surface area contributed by atoms with Gasteiger partial charge in [-0.05, 0) is 105 Å². The molecular weight excluding hydrogens is 729 g/mol. The molecule has 2 aliphatic rings. The number of halogens is 3. The SMILES string of the molecule is CC(=O)Oc1c(I)cc(I)cc1/C=c1/sc2n(c1=O)[C@@H](c1ccc(F)cc1)C1=C(N=2)c2ccccc2CC1. The number of carbonyl (C=O) groups excluding carboxylic acids is 1. The summed E-state index contributed by atoms with van der Waals surface area (Å²) in [4.78, 5) is 31.4. The van der Waals surface area contributed by atoms with Gasteiger partial charge in [-0.3, -0.25) is 14.2 Å². The second-order valence-electron chi connectivity index (χ2n) is 9.06. The molecule has 5 nitrogen and oxygen atoms in total. The number of hydrogen-bond acceptors (Lipinski definition) is 5. The Morgan fingerprint density at radius 2 is 1.89 bits per heavy atom. The Kier molecular flexibility index (Phi) is 6.85. The van der Waals surface area contributed by atoms with Crippen LogP contribution in [0.1, 0.15) is 41.6 Å². The molecule has 0 fully saturated rings. The summed E-state index contributed by atoms with van der Waals surface area (Å²) in [6.45, 7) is 1.36. The maximum Gasteiger partial charge on any atom is 0.308 e. The van der Waals surface area contributed by atoms with Crippen LogP contribution in [-0.2, 0) is 11.2 Å². The molecule has 0 N–H and O–H groups in total. The van der Waals surface area contributed by atoms with Crippen LogP contribution in [0.2, 0.25) is 0 Å². The fraction of sp³-hybridized carbons (Fsp3) is 0.138. The van der Waals surface area contributed by atoms with E-state index in [1.54, 1.807) is 22.8 Å². The summed E-state index contributed by atoms with van der Waals surface area (Å²) in [6, 6.07) is 18.0. The molecule has 1 aliphatic heterocycles. The van der Waals surface area contributed by atoms with Crippen molar-refractivity contribution in [2.75, 3.05) is 0 Å². The van der Waals surface area contributed by atoms with Crippen LogP contribution in [0.3, 0.4) is 0 Å². The van der Waals surface area contributed by atoms with Gasteiger partial charge in [0.1, 0.15) is 5.82 Å². The molecule has 1 aromatic heterocycles. The second-order valence-corrected chi connectivity index (χ2v) is 12.5. The molecular formula is C29H19FI2N2O3S. The number of nitrogens with zero attached hydrogens (tertiary/aromatic N) is 2. The smallest absolute Gasteiger partial charge is 0.308 e. The third-order valence-corrected chi connectivity index (χ3v) is 9.04. The number of thiazole rings is 1. The molecule has 0 spiro atoms. The third-order valence-electron chi connectivity index (χ3n) is 6.63. The van der Waals surface area contributed by atoms with Gasteiger partial charge in [0.15, 0.2) is 10.6 Å². The lowest BCUT2D eigenvalue weighted by Gasteiger charge is -2.30. The van der Waals surface area contributed by atoms with Crippen molar-refractivity contribution in [3.05, 3.63) is 121 Å². The van der Waals surface area contributed by atoms with Crippen LogP contribution >= 0.6 is 56.5 Å². The monoisotopic (exact) mass is 748 g/mol. The lowest BCUT2D eigenvalue weighted by atomic mass is 9.83. The number of hydrogen-bond donors (Lipinski definition) is 0. The van der Waals surface area contributed by atoms with Gasteiger partial charge in [0, 0.05) is 21.6 Å². The average Bonchev–Trinajstić information content (AvgIpc) is 3.19. The molecule has 0 bridgehead atoms. The van der Waals surface area contributed by atoms with Crippen molar-refractivity contribution in [1.82, 2.24) is 4.57 Å². The number of aromatic nitrogens is 1. The Morgan fingerprint density at radius 1 is 1.13 bits per heavy atom. The van der Waals surface area contributed by atoms with Crippen LogP contribution in [0, 0.1) is 13.0 Å². The predicted molar refractivity (Wildman–Crippen MR) is 162 cm³/mol. The quantitative estimate of drug-likeness (QED) is 0.156. The molecule has 0 saturated heterocycles. The summed E-state index contributed by atoms with van der Waals surface area (Å²) in [7, 11) is 0. The number of fused-ring (bicyclic) bond motifs is 3. The summed E-state index contributed by atoms with van der Waals surface area (Å²) in [6.07, 6.45) is 3.37. The van der Waals surface area contributed by atoms with Crippen LogP contribution in [0.15, 0.2) is 76.0 Å². The molecule has 0 radical (unpaired) electrons. The van der Waals surface area contributed by atoms with Crippen LogP contribution in [0.25, 0.3) is 11.8 Å². The number of ether oxygens (including phenoxy) is 1. The highest BCUT2D eigenvalue weighted by molar-refractivity contribution is 14.1. The van der Waals surface area contributed by atoms with E-state index in [0.717, 1.165) is 42.4 Å². The number of benzene rings is 3. The first-order valence-electron chi connectivity index (χ1n) is 11.9. The normalized spacial score (nSPS) is 16.4. The van der Waals surface area contributed by atoms with E-state index in [2.05, 4.69) is 57.3 Å². The van der Waals surface area contributed by atoms with E-state index in [1.807, 2.05) is 24.3 Å². The Labute approximate surface area is 248 Å². The average molecular weight is 748 g/mol. The maximum absolute atomic E-state index is 14.0. The lowest BCUT2D eigenvalue weighted by molar-refractivity contribution is -0.131. The molecule has 9 heteroatoms. The van der Waals surface area contributed by atoms with Crippen LogP contribution < -0.4 is 19.6 Å². The number of esters is 1. The van der Waals surface area contributed by atoms with Gasteiger partial charge in [0.25, 0.3) is 5.56 Å². The van der Waals surface area contributed by atoms with E-state index in [0.29, 0.717) is 20.6 Å². The van der Waals surface area contributed by atoms with Gasteiger partial charge in [-0.2, -0.15) is 0 Å². The molecule has 38 heavy (non-hydrogen) atoms. The Balaban J connectivity index is 1.62. The van der Waals surface area contributed by atoms with Gasteiger partial charge in [0.05, 0.1) is 19.8 Å². The topological polar surface area (TPSA) is 60.7 Å². The Bertz CT molecular complexity index is 1840. The van der Waals surface area contributed by atoms with Gasteiger partial charge < -0.3 is 4.74 Å². The fourth-order valence-corrected chi connectivity index (χ4v) is 8.04. The Hall–Kier alpha value is -2.64. The zero-order valence-electron chi connectivity index (χ0n) is 20.0. The minimum Gasteiger partial charge on any atom is -0.425 e. The summed E-state index contributed by atoms with van der Waals surface area (Å²) in [5.74, 6) is -0.328. The van der Waals surface area contributed by atoms with E-state index in [9.17, 15) is 14.0 Å². The zero-order valence-corrected chi connectivity index (χ0v) is 25.1. The van der Waals surface area contributed by atoms with Gasteiger partial charge >= 0.3 is 5.97 Å². The first kappa shape index (κ1) is 25.6. The summed E-state index contributed by atoms with van der Waals surface area (Å²) >= 11 is 5.64. The molecule has 4 aromatic rings. The molecule has 3 aromatic carbocycles. The number of rotatable bonds is 3. The van der Waals surface area contributed by atoms with Crippen molar-refractivity contribution >= 4 is 74.3 Å². The largest absolute Gasteiger partial charge is 0.425 e. The third kappa shape index (κ3) is 4.58.